The highest BCUT2D eigenvalue weighted by molar-refractivity contribution is 5.94. The maximum Gasteiger partial charge on any atom is 0.251 e. The lowest BCUT2D eigenvalue weighted by Gasteiger charge is -2.03. The highest BCUT2D eigenvalue weighted by atomic mass is 16.2. The van der Waals surface area contributed by atoms with Crippen molar-refractivity contribution in [3.63, 3.8) is 0 Å². The summed E-state index contributed by atoms with van der Waals surface area (Å²) in [6.07, 6.45) is 3.11. The molecule has 0 bridgehead atoms. The zero-order valence-corrected chi connectivity index (χ0v) is 13.2. The maximum atomic E-state index is 11.8. The van der Waals surface area contributed by atoms with Crippen LogP contribution >= 0.6 is 0 Å². The molecule has 0 saturated carbocycles. The molecule has 2 aromatic carbocycles. The van der Waals surface area contributed by atoms with Crippen molar-refractivity contribution in [2.24, 2.45) is 0 Å². The Morgan fingerprint density at radius 2 is 1.92 bits per heavy atom. The van der Waals surface area contributed by atoms with Crippen molar-refractivity contribution in [3.8, 4) is 6.07 Å². The van der Waals surface area contributed by atoms with Crippen molar-refractivity contribution in [3.05, 3.63) is 76.9 Å². The van der Waals surface area contributed by atoms with Crippen LogP contribution in [-0.2, 0) is 11.3 Å². The predicted octanol–water partition coefficient (Wildman–Crippen LogP) is 2.25. The van der Waals surface area contributed by atoms with E-state index in [4.69, 9.17) is 5.26 Å². The largest absolute Gasteiger partial charge is 0.355 e. The molecule has 0 aliphatic rings. The summed E-state index contributed by atoms with van der Waals surface area (Å²) < 4.78 is 0. The second-order valence-electron chi connectivity index (χ2n) is 5.06. The molecule has 0 spiro atoms. The number of nitriles is 1. The van der Waals surface area contributed by atoms with Gasteiger partial charge in [-0.05, 0) is 41.5 Å². The van der Waals surface area contributed by atoms with Gasteiger partial charge in [0.15, 0.2) is 0 Å². The van der Waals surface area contributed by atoms with E-state index in [-0.39, 0.29) is 11.8 Å². The minimum absolute atomic E-state index is 0.150. The third kappa shape index (κ3) is 4.82. The van der Waals surface area contributed by atoms with Crippen molar-refractivity contribution in [1.29, 1.82) is 5.26 Å². The number of carbonyl (C=O) groups excluding carboxylic acids is 2. The SMILES string of the molecule is CNC(=O)c1ccc(/C=C/C(=O)NCc2cccc(C#N)c2)cc1. The molecule has 2 aromatic rings. The third-order valence-electron chi connectivity index (χ3n) is 3.35. The Labute approximate surface area is 140 Å². The second-order valence-corrected chi connectivity index (χ2v) is 5.06. The zero-order valence-electron chi connectivity index (χ0n) is 13.2. The normalized spacial score (nSPS) is 10.2. The van der Waals surface area contributed by atoms with Gasteiger partial charge in [-0.25, -0.2) is 0 Å². The minimum Gasteiger partial charge on any atom is -0.355 e. The van der Waals surface area contributed by atoms with Crippen LogP contribution in [0.1, 0.15) is 27.0 Å². The number of rotatable bonds is 5. The lowest BCUT2D eigenvalue weighted by molar-refractivity contribution is -0.116. The fourth-order valence-electron chi connectivity index (χ4n) is 2.06. The summed E-state index contributed by atoms with van der Waals surface area (Å²) in [5.41, 5.74) is 2.82. The van der Waals surface area contributed by atoms with E-state index in [9.17, 15) is 9.59 Å². The van der Waals surface area contributed by atoms with E-state index in [0.29, 0.717) is 17.7 Å². The van der Waals surface area contributed by atoms with Gasteiger partial charge < -0.3 is 10.6 Å². The highest BCUT2D eigenvalue weighted by Crippen LogP contribution is 2.07. The Kier molecular flexibility index (Phi) is 5.87. The average Bonchev–Trinajstić information content (AvgIpc) is 2.64. The minimum atomic E-state index is -0.229. The van der Waals surface area contributed by atoms with Crippen LogP contribution in [0.25, 0.3) is 6.08 Å². The molecule has 0 heterocycles. The molecule has 2 amide bonds. The molecular weight excluding hydrogens is 302 g/mol. The van der Waals surface area contributed by atoms with Crippen LogP contribution in [-0.4, -0.2) is 18.9 Å². The molecule has 0 saturated heterocycles. The lowest BCUT2D eigenvalue weighted by atomic mass is 10.1. The van der Waals surface area contributed by atoms with Gasteiger partial charge in [0.05, 0.1) is 11.6 Å². The van der Waals surface area contributed by atoms with E-state index in [0.717, 1.165) is 11.1 Å². The summed E-state index contributed by atoms with van der Waals surface area (Å²) >= 11 is 0. The van der Waals surface area contributed by atoms with Crippen LogP contribution in [0.3, 0.4) is 0 Å². The molecule has 0 radical (unpaired) electrons. The van der Waals surface area contributed by atoms with Gasteiger partial charge in [0.2, 0.25) is 5.91 Å². The molecule has 0 aliphatic heterocycles. The van der Waals surface area contributed by atoms with E-state index < -0.39 is 0 Å². The molecule has 0 fully saturated rings. The first-order valence-electron chi connectivity index (χ1n) is 7.39. The number of hydrogen-bond donors (Lipinski definition) is 2. The van der Waals surface area contributed by atoms with E-state index in [1.54, 1.807) is 55.6 Å². The summed E-state index contributed by atoms with van der Waals surface area (Å²) in [7, 11) is 1.58. The van der Waals surface area contributed by atoms with Crippen molar-refractivity contribution in [1.82, 2.24) is 10.6 Å². The molecule has 120 valence electrons. The molecule has 0 unspecified atom stereocenters. The fraction of sp³-hybridized carbons (Fsp3) is 0.105. The molecule has 2 N–H and O–H groups in total. The molecule has 0 atom stereocenters. The second kappa shape index (κ2) is 8.30. The van der Waals surface area contributed by atoms with E-state index in [1.165, 1.54) is 6.08 Å². The van der Waals surface area contributed by atoms with Crippen molar-refractivity contribution < 1.29 is 9.59 Å². The molecule has 0 aliphatic carbocycles. The molecule has 0 aromatic heterocycles. The Morgan fingerprint density at radius 3 is 2.58 bits per heavy atom. The zero-order chi connectivity index (χ0) is 17.4. The van der Waals surface area contributed by atoms with Crippen LogP contribution in [0.5, 0.6) is 0 Å². The quantitative estimate of drug-likeness (QED) is 0.829. The first kappa shape index (κ1) is 17.0. The summed E-state index contributed by atoms with van der Waals surface area (Å²) in [5.74, 6) is -0.379. The van der Waals surface area contributed by atoms with Gasteiger partial charge >= 0.3 is 0 Å². The number of carbonyl (C=O) groups is 2. The number of hydrogen-bond acceptors (Lipinski definition) is 3. The van der Waals surface area contributed by atoms with Gasteiger partial charge in [0.1, 0.15) is 0 Å². The monoisotopic (exact) mass is 319 g/mol. The topological polar surface area (TPSA) is 82.0 Å². The first-order chi connectivity index (χ1) is 11.6. The smallest absolute Gasteiger partial charge is 0.251 e. The maximum absolute atomic E-state index is 11.8. The van der Waals surface area contributed by atoms with Crippen molar-refractivity contribution in [2.75, 3.05) is 7.05 Å². The number of benzene rings is 2. The van der Waals surface area contributed by atoms with E-state index in [1.807, 2.05) is 6.07 Å². The molecule has 24 heavy (non-hydrogen) atoms. The summed E-state index contributed by atoms with van der Waals surface area (Å²) in [5, 5.41) is 14.2. The van der Waals surface area contributed by atoms with Gasteiger partial charge in [-0.1, -0.05) is 24.3 Å². The van der Waals surface area contributed by atoms with Gasteiger partial charge in [0.25, 0.3) is 5.91 Å². The van der Waals surface area contributed by atoms with Gasteiger partial charge in [-0.15, -0.1) is 0 Å². The van der Waals surface area contributed by atoms with Crippen molar-refractivity contribution in [2.45, 2.75) is 6.54 Å². The molecule has 5 heteroatoms. The average molecular weight is 319 g/mol. The Morgan fingerprint density at radius 1 is 1.17 bits per heavy atom. The molecular formula is C19H17N3O2. The van der Waals surface area contributed by atoms with Crippen LogP contribution < -0.4 is 10.6 Å². The third-order valence-corrected chi connectivity index (χ3v) is 3.35. The van der Waals surface area contributed by atoms with Crippen molar-refractivity contribution >= 4 is 17.9 Å². The predicted molar refractivity (Wildman–Crippen MR) is 91.9 cm³/mol. The summed E-state index contributed by atoms with van der Waals surface area (Å²) in [4.78, 5) is 23.3. The van der Waals surface area contributed by atoms with E-state index in [2.05, 4.69) is 16.7 Å². The number of nitrogens with zero attached hydrogens (tertiary/aromatic N) is 1. The molecule has 5 nitrogen and oxygen atoms in total. The highest BCUT2D eigenvalue weighted by Gasteiger charge is 2.02. The van der Waals surface area contributed by atoms with Crippen LogP contribution in [0, 0.1) is 11.3 Å². The summed E-state index contributed by atoms with van der Waals surface area (Å²) in [6, 6.07) is 16.1. The standard InChI is InChI=1S/C19H17N3O2/c1-21-19(24)17-8-5-14(6-9-17)7-10-18(23)22-13-16-4-2-3-15(11-16)12-20/h2-11H,13H2,1H3,(H,21,24)(H,22,23)/b10-7+. The van der Waals surface area contributed by atoms with E-state index >= 15 is 0 Å². The Bertz CT molecular complexity index is 802. The summed E-state index contributed by atoms with van der Waals surface area (Å²) in [6.45, 7) is 0.355. The Hall–Kier alpha value is -3.39. The van der Waals surface area contributed by atoms with Gasteiger partial charge in [0, 0.05) is 25.2 Å². The van der Waals surface area contributed by atoms with Gasteiger partial charge in [-0.3, -0.25) is 9.59 Å². The van der Waals surface area contributed by atoms with Crippen LogP contribution in [0.4, 0.5) is 0 Å². The fourth-order valence-corrected chi connectivity index (χ4v) is 2.06. The Balaban J connectivity index is 1.90. The number of amides is 2. The first-order valence-corrected chi connectivity index (χ1v) is 7.39. The number of nitrogens with one attached hydrogen (secondary N) is 2. The van der Waals surface area contributed by atoms with Crippen LogP contribution in [0.15, 0.2) is 54.6 Å². The molecule has 2 rings (SSSR count). The van der Waals surface area contributed by atoms with Crippen LogP contribution in [0.2, 0.25) is 0 Å². The lowest BCUT2D eigenvalue weighted by Crippen LogP contribution is -2.20. The van der Waals surface area contributed by atoms with Gasteiger partial charge in [-0.2, -0.15) is 5.26 Å².